The van der Waals surface area contributed by atoms with Crippen molar-refractivity contribution < 1.29 is 8.42 Å². The second-order valence-corrected chi connectivity index (χ2v) is 7.39. The summed E-state index contributed by atoms with van der Waals surface area (Å²) in [4.78, 5) is 4.27. The van der Waals surface area contributed by atoms with Crippen molar-refractivity contribution in [2.45, 2.75) is 26.8 Å². The molecule has 0 aliphatic carbocycles. The highest BCUT2D eigenvalue weighted by atomic mass is 32.2. The molecule has 0 aliphatic rings. The zero-order valence-electron chi connectivity index (χ0n) is 11.1. The maximum atomic E-state index is 12.0. The average Bonchev–Trinajstić information content (AvgIpc) is 2.70. The van der Waals surface area contributed by atoms with Gasteiger partial charge in [-0.1, -0.05) is 6.92 Å². The maximum Gasteiger partial charge on any atom is 0.214 e. The van der Waals surface area contributed by atoms with Crippen molar-refractivity contribution in [2.24, 2.45) is 0 Å². The summed E-state index contributed by atoms with van der Waals surface area (Å²) < 4.78 is 25.3. The Hall–Kier alpha value is -0.500. The highest BCUT2D eigenvalue weighted by Gasteiger charge is 2.18. The van der Waals surface area contributed by atoms with Crippen LogP contribution < -0.4 is 5.32 Å². The summed E-state index contributed by atoms with van der Waals surface area (Å²) in [7, 11) is -1.56. The molecule has 18 heavy (non-hydrogen) atoms. The Bertz CT molecular complexity index is 457. The Morgan fingerprint density at radius 1 is 1.50 bits per heavy atom. The predicted octanol–water partition coefficient (Wildman–Crippen LogP) is 1.21. The number of aryl methyl sites for hydroxylation is 1. The first-order valence-corrected chi connectivity index (χ1v) is 8.50. The normalized spacial score (nSPS) is 12.2. The van der Waals surface area contributed by atoms with Crippen LogP contribution in [0.15, 0.2) is 5.38 Å². The summed E-state index contributed by atoms with van der Waals surface area (Å²) in [5.41, 5.74) is 0.815. The zero-order chi connectivity index (χ0) is 13.6. The molecule has 0 saturated heterocycles. The van der Waals surface area contributed by atoms with E-state index >= 15 is 0 Å². The van der Waals surface area contributed by atoms with Gasteiger partial charge >= 0.3 is 0 Å². The van der Waals surface area contributed by atoms with Crippen LogP contribution in [0.1, 0.15) is 24.0 Å². The summed E-state index contributed by atoms with van der Waals surface area (Å²) in [6.07, 6.45) is 0.636. The Morgan fingerprint density at radius 2 is 2.22 bits per heavy atom. The Kier molecular flexibility index (Phi) is 6.20. The van der Waals surface area contributed by atoms with Gasteiger partial charge < -0.3 is 5.32 Å². The SMILES string of the molecule is CCNCCCS(=O)(=O)N(C)Cc1csc(C)n1. The molecular weight excluding hydrogens is 270 g/mol. The van der Waals surface area contributed by atoms with Gasteiger partial charge in [0, 0.05) is 12.4 Å². The maximum absolute atomic E-state index is 12.0. The van der Waals surface area contributed by atoms with Gasteiger partial charge in [-0.2, -0.15) is 4.31 Å². The van der Waals surface area contributed by atoms with Crippen LogP contribution in [0.3, 0.4) is 0 Å². The van der Waals surface area contributed by atoms with Gasteiger partial charge in [-0.15, -0.1) is 11.3 Å². The molecule has 1 aromatic heterocycles. The summed E-state index contributed by atoms with van der Waals surface area (Å²) in [5, 5.41) is 5.98. The molecule has 1 heterocycles. The summed E-state index contributed by atoms with van der Waals surface area (Å²) in [6.45, 7) is 5.88. The molecule has 0 radical (unpaired) electrons. The molecule has 104 valence electrons. The number of nitrogens with one attached hydrogen (secondary N) is 1. The smallest absolute Gasteiger partial charge is 0.214 e. The van der Waals surface area contributed by atoms with Crippen LogP contribution in [0.5, 0.6) is 0 Å². The van der Waals surface area contributed by atoms with Crippen molar-refractivity contribution in [2.75, 3.05) is 25.9 Å². The molecule has 0 fully saturated rings. The molecule has 0 spiro atoms. The number of sulfonamides is 1. The molecule has 0 aliphatic heterocycles. The third-order valence-corrected chi connectivity index (χ3v) is 5.24. The summed E-state index contributed by atoms with van der Waals surface area (Å²) >= 11 is 1.54. The molecule has 0 atom stereocenters. The van der Waals surface area contributed by atoms with Gasteiger partial charge in [-0.3, -0.25) is 0 Å². The van der Waals surface area contributed by atoms with Crippen LogP contribution in [0, 0.1) is 6.92 Å². The molecule has 0 aromatic carbocycles. The third kappa shape index (κ3) is 5.01. The molecule has 1 aromatic rings. The number of hydrogen-bond donors (Lipinski definition) is 1. The van der Waals surface area contributed by atoms with Gasteiger partial charge in [0.2, 0.25) is 10.0 Å². The van der Waals surface area contributed by atoms with Crippen LogP contribution >= 0.6 is 11.3 Å². The number of thiazole rings is 1. The molecule has 1 rings (SSSR count). The lowest BCUT2D eigenvalue weighted by Crippen LogP contribution is -2.30. The van der Waals surface area contributed by atoms with Crippen LogP contribution in [-0.4, -0.2) is 43.6 Å². The Balaban J connectivity index is 2.46. The molecular formula is C11H21N3O2S2. The lowest BCUT2D eigenvalue weighted by molar-refractivity contribution is 0.460. The van der Waals surface area contributed by atoms with Gasteiger partial charge in [-0.25, -0.2) is 13.4 Å². The highest BCUT2D eigenvalue weighted by Crippen LogP contribution is 2.12. The summed E-state index contributed by atoms with van der Waals surface area (Å²) in [6, 6.07) is 0. The third-order valence-electron chi connectivity index (χ3n) is 2.53. The molecule has 0 saturated carbocycles. The number of rotatable bonds is 8. The number of aromatic nitrogens is 1. The van der Waals surface area contributed by atoms with Crippen LogP contribution in [0.25, 0.3) is 0 Å². The fourth-order valence-electron chi connectivity index (χ4n) is 1.52. The van der Waals surface area contributed by atoms with Crippen molar-refractivity contribution in [3.05, 3.63) is 16.1 Å². The minimum Gasteiger partial charge on any atom is -0.317 e. The highest BCUT2D eigenvalue weighted by molar-refractivity contribution is 7.89. The van der Waals surface area contributed by atoms with Crippen LogP contribution in [0.4, 0.5) is 0 Å². The van der Waals surface area contributed by atoms with Crippen LogP contribution in [0.2, 0.25) is 0 Å². The number of hydrogen-bond acceptors (Lipinski definition) is 5. The topological polar surface area (TPSA) is 62.3 Å². The first kappa shape index (κ1) is 15.6. The molecule has 0 unspecified atom stereocenters. The van der Waals surface area contributed by atoms with Crippen molar-refractivity contribution in [1.82, 2.24) is 14.6 Å². The fraction of sp³-hybridized carbons (Fsp3) is 0.727. The van der Waals surface area contributed by atoms with E-state index in [0.29, 0.717) is 13.0 Å². The van der Waals surface area contributed by atoms with E-state index in [-0.39, 0.29) is 5.75 Å². The van der Waals surface area contributed by atoms with E-state index < -0.39 is 10.0 Å². The van der Waals surface area contributed by atoms with Crippen molar-refractivity contribution in [1.29, 1.82) is 0 Å². The second-order valence-electron chi connectivity index (χ2n) is 4.14. The van der Waals surface area contributed by atoms with E-state index in [1.54, 1.807) is 7.05 Å². The number of nitrogens with zero attached hydrogens (tertiary/aromatic N) is 2. The summed E-state index contributed by atoms with van der Waals surface area (Å²) in [5.74, 6) is 0.180. The lowest BCUT2D eigenvalue weighted by Gasteiger charge is -2.15. The average molecular weight is 291 g/mol. The zero-order valence-corrected chi connectivity index (χ0v) is 12.8. The first-order valence-electron chi connectivity index (χ1n) is 6.01. The molecule has 1 N–H and O–H groups in total. The van der Waals surface area contributed by atoms with Crippen LogP contribution in [-0.2, 0) is 16.6 Å². The molecule has 5 nitrogen and oxygen atoms in total. The van der Waals surface area contributed by atoms with E-state index in [2.05, 4.69) is 10.3 Å². The van der Waals surface area contributed by atoms with E-state index in [1.165, 1.54) is 15.6 Å². The van der Waals surface area contributed by atoms with E-state index in [9.17, 15) is 8.42 Å². The van der Waals surface area contributed by atoms with Crippen molar-refractivity contribution in [3.63, 3.8) is 0 Å². The van der Waals surface area contributed by atoms with Gasteiger partial charge in [0.15, 0.2) is 0 Å². The first-order chi connectivity index (χ1) is 8.45. The minimum atomic E-state index is -3.17. The van der Waals surface area contributed by atoms with E-state index in [1.807, 2.05) is 19.2 Å². The van der Waals surface area contributed by atoms with Gasteiger partial charge in [0.1, 0.15) is 0 Å². The molecule has 7 heteroatoms. The van der Waals surface area contributed by atoms with E-state index in [4.69, 9.17) is 0 Å². The monoisotopic (exact) mass is 291 g/mol. The second kappa shape index (κ2) is 7.18. The molecule has 0 amide bonds. The van der Waals surface area contributed by atoms with Gasteiger partial charge in [0.05, 0.1) is 23.0 Å². The van der Waals surface area contributed by atoms with Crippen molar-refractivity contribution >= 4 is 21.4 Å². The van der Waals surface area contributed by atoms with E-state index in [0.717, 1.165) is 23.8 Å². The fourth-order valence-corrected chi connectivity index (χ4v) is 3.27. The molecule has 0 bridgehead atoms. The minimum absolute atomic E-state index is 0.180. The largest absolute Gasteiger partial charge is 0.317 e. The van der Waals surface area contributed by atoms with Gasteiger partial charge in [0.25, 0.3) is 0 Å². The quantitative estimate of drug-likeness (QED) is 0.731. The predicted molar refractivity (Wildman–Crippen MR) is 75.3 cm³/mol. The lowest BCUT2D eigenvalue weighted by atomic mass is 10.5. The van der Waals surface area contributed by atoms with Gasteiger partial charge in [-0.05, 0) is 26.4 Å². The Labute approximate surface area is 113 Å². The standard InChI is InChI=1S/C11H21N3O2S2/c1-4-12-6-5-7-18(15,16)14(3)8-11-9-17-10(2)13-11/h9,12H,4-8H2,1-3H3. The Morgan fingerprint density at radius 3 is 2.78 bits per heavy atom. The van der Waals surface area contributed by atoms with Crippen molar-refractivity contribution in [3.8, 4) is 0 Å².